The number of nitrogens with zero attached hydrogens (tertiary/aromatic N) is 3. The summed E-state index contributed by atoms with van der Waals surface area (Å²) >= 11 is 0. The highest BCUT2D eigenvalue weighted by molar-refractivity contribution is 5.93. The van der Waals surface area contributed by atoms with Gasteiger partial charge >= 0.3 is 0 Å². The summed E-state index contributed by atoms with van der Waals surface area (Å²) in [6, 6.07) is 13.3. The van der Waals surface area contributed by atoms with Crippen LogP contribution in [0.15, 0.2) is 54.9 Å². The van der Waals surface area contributed by atoms with Gasteiger partial charge in [0.15, 0.2) is 0 Å². The molecule has 0 saturated carbocycles. The monoisotopic (exact) mass is 376 g/mol. The normalized spacial score (nSPS) is 23.0. The van der Waals surface area contributed by atoms with E-state index in [0.717, 1.165) is 16.9 Å². The Balaban J connectivity index is 1.43. The van der Waals surface area contributed by atoms with Crippen LogP contribution in [0.25, 0.3) is 11.3 Å². The quantitative estimate of drug-likeness (QED) is 0.730. The fourth-order valence-electron chi connectivity index (χ4n) is 4.30. The number of pyridine rings is 1. The van der Waals surface area contributed by atoms with Crippen molar-refractivity contribution in [2.24, 2.45) is 5.41 Å². The van der Waals surface area contributed by atoms with Crippen molar-refractivity contribution in [2.75, 3.05) is 26.3 Å². The summed E-state index contributed by atoms with van der Waals surface area (Å²) < 4.78 is 5.90. The molecule has 0 spiro atoms. The molecule has 5 rings (SSSR count). The Morgan fingerprint density at radius 2 is 2.11 bits per heavy atom. The third-order valence-electron chi connectivity index (χ3n) is 5.84. The molecule has 0 unspecified atom stereocenters. The molecule has 3 aromatic rings. The molecule has 2 aliphatic rings. The lowest BCUT2D eigenvalue weighted by Gasteiger charge is -2.37. The fraction of sp³-hybridized carbons (Fsp3) is 0.286. The highest BCUT2D eigenvalue weighted by Crippen LogP contribution is 2.49. The van der Waals surface area contributed by atoms with Gasteiger partial charge in [-0.3, -0.25) is 14.9 Å². The Kier molecular flexibility index (Phi) is 3.91. The number of amides is 1. The Bertz CT molecular complexity index is 1020. The molecule has 1 aromatic carbocycles. The summed E-state index contributed by atoms with van der Waals surface area (Å²) in [5, 5.41) is 17.3. The van der Waals surface area contributed by atoms with E-state index in [-0.39, 0.29) is 18.4 Å². The SMILES string of the molecule is O=C(c1cc(-c2ccncc2)n[nH]1)N1C[C@@H]2c3ccccc3OC[C@]2(CO)C1. The van der Waals surface area contributed by atoms with Crippen molar-refractivity contribution in [3.05, 3.63) is 66.1 Å². The minimum atomic E-state index is -0.474. The molecule has 1 amide bonds. The largest absolute Gasteiger partial charge is 0.493 e. The lowest BCUT2D eigenvalue weighted by molar-refractivity contribution is 0.0439. The zero-order valence-electron chi connectivity index (χ0n) is 15.2. The number of fused-ring (bicyclic) bond motifs is 3. The highest BCUT2D eigenvalue weighted by Gasteiger charge is 2.52. The second kappa shape index (κ2) is 6.45. The first-order valence-corrected chi connectivity index (χ1v) is 9.28. The Hall–Kier alpha value is -3.19. The van der Waals surface area contributed by atoms with Crippen LogP contribution in [0.3, 0.4) is 0 Å². The summed E-state index contributed by atoms with van der Waals surface area (Å²) in [6.45, 7) is 1.37. The average molecular weight is 376 g/mol. The van der Waals surface area contributed by atoms with Crippen LogP contribution in [-0.4, -0.2) is 57.4 Å². The number of benzene rings is 1. The number of aromatic amines is 1. The number of para-hydroxylation sites is 1. The molecule has 1 saturated heterocycles. The molecule has 142 valence electrons. The van der Waals surface area contributed by atoms with Crippen LogP contribution in [-0.2, 0) is 0 Å². The molecular formula is C21H20N4O3. The third kappa shape index (κ3) is 2.58. The highest BCUT2D eigenvalue weighted by atomic mass is 16.5. The zero-order chi connectivity index (χ0) is 19.1. The van der Waals surface area contributed by atoms with Crippen molar-refractivity contribution < 1.29 is 14.6 Å². The maximum atomic E-state index is 13.1. The molecule has 1 fully saturated rings. The number of nitrogens with one attached hydrogen (secondary N) is 1. The summed E-state index contributed by atoms with van der Waals surface area (Å²) in [4.78, 5) is 18.9. The number of aliphatic hydroxyl groups is 1. The molecule has 28 heavy (non-hydrogen) atoms. The third-order valence-corrected chi connectivity index (χ3v) is 5.84. The number of hydrogen-bond acceptors (Lipinski definition) is 5. The maximum absolute atomic E-state index is 13.1. The number of ether oxygens (including phenoxy) is 1. The van der Waals surface area contributed by atoms with E-state index in [1.165, 1.54) is 0 Å². The van der Waals surface area contributed by atoms with Crippen LogP contribution in [0.5, 0.6) is 5.75 Å². The number of aromatic nitrogens is 3. The standard InChI is InChI=1S/C21H20N4O3/c26-12-21-11-25(10-16(21)15-3-1-2-4-19(15)28-13-21)20(27)18-9-17(23-24-18)14-5-7-22-8-6-14/h1-9,16,26H,10-13H2,(H,23,24)/t16-,21-/m1/s1. The average Bonchev–Trinajstić information content (AvgIpc) is 3.40. The number of carbonyl (C=O) groups excluding carboxylic acids is 1. The molecule has 0 aliphatic carbocycles. The second-order valence-corrected chi connectivity index (χ2v) is 7.49. The summed E-state index contributed by atoms with van der Waals surface area (Å²) in [7, 11) is 0. The summed E-state index contributed by atoms with van der Waals surface area (Å²) in [5.41, 5.74) is 2.62. The van der Waals surface area contributed by atoms with Crippen molar-refractivity contribution in [1.82, 2.24) is 20.1 Å². The van der Waals surface area contributed by atoms with Crippen LogP contribution < -0.4 is 4.74 Å². The predicted octanol–water partition coefficient (Wildman–Crippen LogP) is 2.08. The lowest BCUT2D eigenvalue weighted by Crippen LogP contribution is -2.42. The van der Waals surface area contributed by atoms with Crippen LogP contribution in [0.4, 0.5) is 0 Å². The van der Waals surface area contributed by atoms with Gasteiger partial charge in [0.05, 0.1) is 24.3 Å². The number of likely N-dealkylation sites (tertiary alicyclic amines) is 1. The van der Waals surface area contributed by atoms with Gasteiger partial charge in [-0.1, -0.05) is 18.2 Å². The Labute approximate surface area is 162 Å². The molecular weight excluding hydrogens is 356 g/mol. The van der Waals surface area contributed by atoms with E-state index in [1.807, 2.05) is 36.4 Å². The van der Waals surface area contributed by atoms with Crippen molar-refractivity contribution in [3.8, 4) is 17.0 Å². The number of aliphatic hydroxyl groups excluding tert-OH is 1. The molecule has 2 aliphatic heterocycles. The molecule has 4 heterocycles. The number of hydrogen-bond donors (Lipinski definition) is 2. The Morgan fingerprint density at radius 1 is 1.29 bits per heavy atom. The van der Waals surface area contributed by atoms with E-state index >= 15 is 0 Å². The molecule has 2 aromatic heterocycles. The van der Waals surface area contributed by atoms with Gasteiger partial charge in [0.2, 0.25) is 0 Å². The van der Waals surface area contributed by atoms with E-state index in [0.29, 0.717) is 31.1 Å². The smallest absolute Gasteiger partial charge is 0.271 e. The van der Waals surface area contributed by atoms with Crippen LogP contribution in [0, 0.1) is 5.41 Å². The number of H-pyrrole nitrogens is 1. The first-order valence-electron chi connectivity index (χ1n) is 9.28. The maximum Gasteiger partial charge on any atom is 0.271 e. The molecule has 0 radical (unpaired) electrons. The van der Waals surface area contributed by atoms with E-state index in [2.05, 4.69) is 15.2 Å². The van der Waals surface area contributed by atoms with E-state index in [4.69, 9.17) is 4.74 Å². The minimum Gasteiger partial charge on any atom is -0.493 e. The van der Waals surface area contributed by atoms with Gasteiger partial charge in [0.25, 0.3) is 5.91 Å². The zero-order valence-corrected chi connectivity index (χ0v) is 15.2. The number of carbonyl (C=O) groups is 1. The van der Waals surface area contributed by atoms with Gasteiger partial charge in [-0.05, 0) is 29.8 Å². The first kappa shape index (κ1) is 16.9. The predicted molar refractivity (Wildman–Crippen MR) is 102 cm³/mol. The number of rotatable bonds is 3. The molecule has 2 N–H and O–H groups in total. The van der Waals surface area contributed by atoms with Crippen LogP contribution in [0.2, 0.25) is 0 Å². The van der Waals surface area contributed by atoms with Crippen molar-refractivity contribution in [3.63, 3.8) is 0 Å². The van der Waals surface area contributed by atoms with Gasteiger partial charge in [-0.2, -0.15) is 5.10 Å². The Morgan fingerprint density at radius 3 is 2.93 bits per heavy atom. The van der Waals surface area contributed by atoms with Crippen LogP contribution in [0.1, 0.15) is 22.0 Å². The second-order valence-electron chi connectivity index (χ2n) is 7.49. The van der Waals surface area contributed by atoms with Gasteiger partial charge in [0.1, 0.15) is 11.4 Å². The minimum absolute atomic E-state index is 0.0268. The van der Waals surface area contributed by atoms with Gasteiger partial charge < -0.3 is 14.7 Å². The van der Waals surface area contributed by atoms with Gasteiger partial charge in [-0.25, -0.2) is 0 Å². The van der Waals surface area contributed by atoms with Crippen LogP contribution >= 0.6 is 0 Å². The van der Waals surface area contributed by atoms with Gasteiger partial charge in [-0.15, -0.1) is 0 Å². The van der Waals surface area contributed by atoms with E-state index in [9.17, 15) is 9.90 Å². The van der Waals surface area contributed by atoms with Crippen molar-refractivity contribution in [2.45, 2.75) is 5.92 Å². The van der Waals surface area contributed by atoms with E-state index < -0.39 is 5.41 Å². The topological polar surface area (TPSA) is 91.3 Å². The molecule has 7 heteroatoms. The van der Waals surface area contributed by atoms with E-state index in [1.54, 1.807) is 23.4 Å². The summed E-state index contributed by atoms with van der Waals surface area (Å²) in [6.07, 6.45) is 3.39. The molecule has 0 bridgehead atoms. The molecule has 2 atom stereocenters. The van der Waals surface area contributed by atoms with Crippen molar-refractivity contribution >= 4 is 5.91 Å². The molecule has 7 nitrogen and oxygen atoms in total. The first-order chi connectivity index (χ1) is 13.7. The fourth-order valence-corrected chi connectivity index (χ4v) is 4.30. The lowest BCUT2D eigenvalue weighted by atomic mass is 9.74. The van der Waals surface area contributed by atoms with Crippen molar-refractivity contribution in [1.29, 1.82) is 0 Å². The summed E-state index contributed by atoms with van der Waals surface area (Å²) in [5.74, 6) is 0.772. The van der Waals surface area contributed by atoms with Gasteiger partial charge in [0, 0.05) is 37.0 Å².